The first-order valence-electron chi connectivity index (χ1n) is 6.33. The molecule has 0 aliphatic carbocycles. The van der Waals surface area contributed by atoms with Crippen molar-refractivity contribution in [1.29, 1.82) is 0 Å². The molecule has 2 heteroatoms. The Bertz CT molecular complexity index is 332. The van der Waals surface area contributed by atoms with Gasteiger partial charge in [-0.05, 0) is 18.9 Å². The molecule has 0 radical (unpaired) electrons. The molecule has 1 rings (SSSR count). The van der Waals surface area contributed by atoms with Crippen molar-refractivity contribution in [3.05, 3.63) is 41.5 Å². The first kappa shape index (κ1) is 13.9. The van der Waals surface area contributed by atoms with Crippen LogP contribution in [0.5, 0.6) is 0 Å². The van der Waals surface area contributed by atoms with E-state index in [1.54, 1.807) is 0 Å². The first-order chi connectivity index (χ1) is 8.22. The molecule has 0 saturated carbocycles. The van der Waals surface area contributed by atoms with Gasteiger partial charge in [0.1, 0.15) is 0 Å². The zero-order chi connectivity index (χ0) is 12.5. The Kier molecular flexibility index (Phi) is 6.60. The molecule has 0 fully saturated rings. The van der Waals surface area contributed by atoms with Gasteiger partial charge in [-0.25, -0.2) is 0 Å². The lowest BCUT2D eigenvalue weighted by molar-refractivity contribution is 0.162. The van der Waals surface area contributed by atoms with Gasteiger partial charge in [-0.3, -0.25) is 0 Å². The average molecular weight is 233 g/mol. The summed E-state index contributed by atoms with van der Waals surface area (Å²) < 4.78 is 0. The minimum atomic E-state index is -0.218. The van der Waals surface area contributed by atoms with Crippen molar-refractivity contribution < 1.29 is 5.11 Å². The topological polar surface area (TPSA) is 32.3 Å². The minimum Gasteiger partial charge on any atom is -0.392 e. The van der Waals surface area contributed by atoms with E-state index in [2.05, 4.69) is 37.4 Å². The number of rotatable bonds is 7. The van der Waals surface area contributed by atoms with E-state index in [4.69, 9.17) is 0 Å². The fourth-order valence-electron chi connectivity index (χ4n) is 1.76. The number of aliphatic hydroxyl groups is 1. The van der Waals surface area contributed by atoms with E-state index >= 15 is 0 Å². The maximum absolute atomic E-state index is 9.57. The largest absolute Gasteiger partial charge is 0.392 e. The van der Waals surface area contributed by atoms with E-state index in [0.29, 0.717) is 6.54 Å². The van der Waals surface area contributed by atoms with E-state index in [0.717, 1.165) is 19.4 Å². The molecule has 0 spiro atoms. The lowest BCUT2D eigenvalue weighted by Gasteiger charge is -2.10. The second-order valence-corrected chi connectivity index (χ2v) is 4.47. The van der Waals surface area contributed by atoms with Crippen LogP contribution in [-0.2, 0) is 0 Å². The van der Waals surface area contributed by atoms with Crippen molar-refractivity contribution in [3.63, 3.8) is 0 Å². The molecule has 94 valence electrons. The van der Waals surface area contributed by atoms with Crippen LogP contribution in [0.4, 0.5) is 0 Å². The number of hydrogen-bond acceptors (Lipinski definition) is 2. The highest BCUT2D eigenvalue weighted by Gasteiger charge is 2.01. The van der Waals surface area contributed by atoms with Crippen molar-refractivity contribution in [1.82, 2.24) is 5.32 Å². The van der Waals surface area contributed by atoms with Crippen molar-refractivity contribution in [2.24, 2.45) is 0 Å². The number of aliphatic hydroxyl groups excluding tert-OH is 1. The standard InChI is InChI=1S/C15H23NO/c1-3-7-15(17)12-16-11-13(2)10-14-8-5-4-6-9-14/h4-6,8-10,15-17H,3,7,11-12H2,1-2H3/b13-10+. The lowest BCUT2D eigenvalue weighted by Crippen LogP contribution is -2.27. The van der Waals surface area contributed by atoms with E-state index in [1.165, 1.54) is 11.1 Å². The van der Waals surface area contributed by atoms with Crippen LogP contribution in [0, 0.1) is 0 Å². The van der Waals surface area contributed by atoms with Gasteiger partial charge < -0.3 is 10.4 Å². The van der Waals surface area contributed by atoms with Gasteiger partial charge in [0.05, 0.1) is 6.10 Å². The molecule has 0 aliphatic rings. The molecule has 1 unspecified atom stereocenters. The quantitative estimate of drug-likeness (QED) is 0.759. The van der Waals surface area contributed by atoms with Gasteiger partial charge in [0, 0.05) is 13.1 Å². The normalized spacial score (nSPS) is 13.7. The molecule has 2 nitrogen and oxygen atoms in total. The van der Waals surface area contributed by atoms with Crippen molar-refractivity contribution in [2.75, 3.05) is 13.1 Å². The molecule has 0 aromatic heterocycles. The molecule has 0 bridgehead atoms. The Hall–Kier alpha value is -1.12. The molecule has 2 N–H and O–H groups in total. The predicted octanol–water partition coefficient (Wildman–Crippen LogP) is 2.84. The fourth-order valence-corrected chi connectivity index (χ4v) is 1.76. The van der Waals surface area contributed by atoms with E-state index < -0.39 is 0 Å². The summed E-state index contributed by atoms with van der Waals surface area (Å²) in [6, 6.07) is 10.3. The third kappa shape index (κ3) is 6.25. The number of hydrogen-bond donors (Lipinski definition) is 2. The molecule has 17 heavy (non-hydrogen) atoms. The molecule has 0 saturated heterocycles. The Labute approximate surface area is 104 Å². The summed E-state index contributed by atoms with van der Waals surface area (Å²) in [6.45, 7) is 5.69. The molecule has 1 atom stereocenters. The minimum absolute atomic E-state index is 0.218. The first-order valence-corrected chi connectivity index (χ1v) is 6.33. The third-order valence-corrected chi connectivity index (χ3v) is 2.62. The summed E-state index contributed by atoms with van der Waals surface area (Å²) in [5.74, 6) is 0. The van der Waals surface area contributed by atoms with Gasteiger partial charge >= 0.3 is 0 Å². The molecular weight excluding hydrogens is 210 g/mol. The van der Waals surface area contributed by atoms with Crippen LogP contribution in [0.15, 0.2) is 35.9 Å². The number of benzene rings is 1. The molecule has 1 aromatic rings. The zero-order valence-corrected chi connectivity index (χ0v) is 10.8. The Morgan fingerprint density at radius 2 is 2.06 bits per heavy atom. The molecule has 1 aromatic carbocycles. The average Bonchev–Trinajstić information content (AvgIpc) is 2.30. The van der Waals surface area contributed by atoms with Crippen LogP contribution in [0.25, 0.3) is 6.08 Å². The second kappa shape index (κ2) is 8.04. The van der Waals surface area contributed by atoms with Gasteiger partial charge in [0.25, 0.3) is 0 Å². The maximum Gasteiger partial charge on any atom is 0.0664 e. The molecular formula is C15H23NO. The van der Waals surface area contributed by atoms with Gasteiger partial charge in [0.2, 0.25) is 0 Å². The van der Waals surface area contributed by atoms with Crippen molar-refractivity contribution in [2.45, 2.75) is 32.8 Å². The number of nitrogens with one attached hydrogen (secondary N) is 1. The smallest absolute Gasteiger partial charge is 0.0664 e. The van der Waals surface area contributed by atoms with Gasteiger partial charge in [-0.1, -0.05) is 55.3 Å². The summed E-state index contributed by atoms with van der Waals surface area (Å²) >= 11 is 0. The van der Waals surface area contributed by atoms with E-state index in [-0.39, 0.29) is 6.10 Å². The summed E-state index contributed by atoms with van der Waals surface area (Å²) in [4.78, 5) is 0. The van der Waals surface area contributed by atoms with Crippen molar-refractivity contribution in [3.8, 4) is 0 Å². The summed E-state index contributed by atoms with van der Waals surface area (Å²) in [6.07, 6.45) is 3.85. The van der Waals surface area contributed by atoms with Gasteiger partial charge in [0.15, 0.2) is 0 Å². The second-order valence-electron chi connectivity index (χ2n) is 4.47. The predicted molar refractivity (Wildman–Crippen MR) is 73.9 cm³/mol. The highest BCUT2D eigenvalue weighted by Crippen LogP contribution is 2.05. The van der Waals surface area contributed by atoms with Crippen LogP contribution < -0.4 is 5.32 Å². The van der Waals surface area contributed by atoms with Crippen LogP contribution >= 0.6 is 0 Å². The highest BCUT2D eigenvalue weighted by atomic mass is 16.3. The van der Waals surface area contributed by atoms with Crippen LogP contribution in [-0.4, -0.2) is 24.3 Å². The van der Waals surface area contributed by atoms with E-state index in [9.17, 15) is 5.11 Å². The Morgan fingerprint density at radius 1 is 1.35 bits per heavy atom. The zero-order valence-electron chi connectivity index (χ0n) is 10.8. The lowest BCUT2D eigenvalue weighted by atomic mass is 10.1. The van der Waals surface area contributed by atoms with Gasteiger partial charge in [-0.2, -0.15) is 0 Å². The maximum atomic E-state index is 9.57. The van der Waals surface area contributed by atoms with E-state index in [1.807, 2.05) is 18.2 Å². The Morgan fingerprint density at radius 3 is 2.71 bits per heavy atom. The third-order valence-electron chi connectivity index (χ3n) is 2.62. The summed E-state index contributed by atoms with van der Waals surface area (Å²) in [7, 11) is 0. The van der Waals surface area contributed by atoms with Gasteiger partial charge in [-0.15, -0.1) is 0 Å². The Balaban J connectivity index is 2.30. The molecule has 0 aliphatic heterocycles. The van der Waals surface area contributed by atoms with Crippen LogP contribution in [0.2, 0.25) is 0 Å². The van der Waals surface area contributed by atoms with Crippen LogP contribution in [0.3, 0.4) is 0 Å². The van der Waals surface area contributed by atoms with Crippen molar-refractivity contribution >= 4 is 6.08 Å². The highest BCUT2D eigenvalue weighted by molar-refractivity contribution is 5.52. The SMILES string of the molecule is CCCC(O)CNC/C(C)=C/c1ccccc1. The summed E-state index contributed by atoms with van der Waals surface area (Å²) in [5, 5.41) is 12.8. The molecule has 0 amide bonds. The molecule has 0 heterocycles. The monoisotopic (exact) mass is 233 g/mol. The van der Waals surface area contributed by atoms with Crippen LogP contribution in [0.1, 0.15) is 32.3 Å². The fraction of sp³-hybridized carbons (Fsp3) is 0.467. The summed E-state index contributed by atoms with van der Waals surface area (Å²) in [5.41, 5.74) is 2.50.